The Labute approximate surface area is 112 Å². The summed E-state index contributed by atoms with van der Waals surface area (Å²) >= 11 is 0. The fourth-order valence-electron chi connectivity index (χ4n) is 1.35. The molecule has 0 spiro atoms. The summed E-state index contributed by atoms with van der Waals surface area (Å²) in [5.41, 5.74) is 0. The topological polar surface area (TPSA) is 71.1 Å². The van der Waals surface area contributed by atoms with Crippen LogP contribution < -0.4 is 14.2 Å². The zero-order valence-corrected chi connectivity index (χ0v) is 11.6. The molecule has 6 nitrogen and oxygen atoms in total. The first-order valence-corrected chi connectivity index (χ1v) is 6.54. The fourth-order valence-corrected chi connectivity index (χ4v) is 2.05. The predicted octanol–water partition coefficient (Wildman–Crippen LogP) is 1.05. The van der Waals surface area contributed by atoms with Crippen LogP contribution in [0.5, 0.6) is 17.2 Å². The molecule has 0 bridgehead atoms. The molecule has 1 aromatic carbocycles. The molecule has 104 valence electrons. The van der Waals surface area contributed by atoms with Crippen molar-refractivity contribution in [1.82, 2.24) is 0 Å². The number of terminal acetylenes is 1. The van der Waals surface area contributed by atoms with E-state index in [1.165, 1.54) is 26.4 Å². The van der Waals surface area contributed by atoms with Crippen LogP contribution >= 0.6 is 0 Å². The van der Waals surface area contributed by atoms with E-state index in [0.29, 0.717) is 0 Å². The lowest BCUT2D eigenvalue weighted by atomic mass is 10.3. The third-order valence-electron chi connectivity index (χ3n) is 2.24. The van der Waals surface area contributed by atoms with Gasteiger partial charge in [-0.1, -0.05) is 5.92 Å². The molecule has 1 rings (SSSR count). The minimum Gasteiger partial charge on any atom is -0.493 e. The third-order valence-corrected chi connectivity index (χ3v) is 3.49. The van der Waals surface area contributed by atoms with E-state index in [2.05, 4.69) is 10.1 Å². The highest BCUT2D eigenvalue weighted by atomic mass is 32.2. The first-order valence-electron chi connectivity index (χ1n) is 5.13. The molecule has 0 aliphatic carbocycles. The average Bonchev–Trinajstić information content (AvgIpc) is 2.43. The van der Waals surface area contributed by atoms with Crippen molar-refractivity contribution >= 4 is 10.1 Å². The summed E-state index contributed by atoms with van der Waals surface area (Å²) in [6.07, 6.45) is 5.11. The van der Waals surface area contributed by atoms with Gasteiger partial charge in [-0.05, 0) is 0 Å². The second-order valence-electron chi connectivity index (χ2n) is 3.27. The van der Waals surface area contributed by atoms with Crippen molar-refractivity contribution in [3.8, 4) is 29.6 Å². The first kappa shape index (κ1) is 15.1. The van der Waals surface area contributed by atoms with Gasteiger partial charge < -0.3 is 14.2 Å². The third kappa shape index (κ3) is 3.30. The van der Waals surface area contributed by atoms with Gasteiger partial charge in [0.15, 0.2) is 11.5 Å². The van der Waals surface area contributed by atoms with Crippen LogP contribution in [-0.4, -0.2) is 36.4 Å². The second kappa shape index (κ2) is 6.31. The van der Waals surface area contributed by atoms with Crippen LogP contribution in [0.3, 0.4) is 0 Å². The summed E-state index contributed by atoms with van der Waals surface area (Å²) in [5, 5.41) is 0. The number of ether oxygens (including phenoxy) is 3. The van der Waals surface area contributed by atoms with Crippen molar-refractivity contribution in [2.45, 2.75) is 4.90 Å². The molecule has 0 amide bonds. The number of benzene rings is 1. The molecule has 0 saturated carbocycles. The normalized spacial score (nSPS) is 10.6. The number of methoxy groups -OCH3 is 2. The van der Waals surface area contributed by atoms with Crippen molar-refractivity contribution < 1.29 is 26.8 Å². The van der Waals surface area contributed by atoms with Crippen molar-refractivity contribution in [3.05, 3.63) is 12.1 Å². The minimum atomic E-state index is -3.86. The van der Waals surface area contributed by atoms with E-state index in [-0.39, 0.29) is 28.8 Å². The van der Waals surface area contributed by atoms with Crippen LogP contribution in [0, 0.1) is 12.3 Å². The highest BCUT2D eigenvalue weighted by Gasteiger charge is 2.21. The Morgan fingerprint density at radius 2 is 1.68 bits per heavy atom. The summed E-state index contributed by atoms with van der Waals surface area (Å²) in [4.78, 5) is -0.100. The summed E-state index contributed by atoms with van der Waals surface area (Å²) < 4.78 is 43.2. The fraction of sp³-hybridized carbons (Fsp3) is 0.333. The second-order valence-corrected chi connectivity index (χ2v) is 4.98. The summed E-state index contributed by atoms with van der Waals surface area (Å²) in [6.45, 7) is 0.00307. The van der Waals surface area contributed by atoms with Crippen molar-refractivity contribution in [1.29, 1.82) is 0 Å². The summed E-state index contributed by atoms with van der Waals surface area (Å²) in [6, 6.07) is 2.54. The van der Waals surface area contributed by atoms with E-state index in [4.69, 9.17) is 20.6 Å². The van der Waals surface area contributed by atoms with Crippen LogP contribution in [0.2, 0.25) is 0 Å². The zero-order chi connectivity index (χ0) is 14.5. The van der Waals surface area contributed by atoms with Gasteiger partial charge in [-0.3, -0.25) is 4.18 Å². The number of rotatable bonds is 6. The molecule has 0 radical (unpaired) electrons. The van der Waals surface area contributed by atoms with Gasteiger partial charge in [0.25, 0.3) is 10.1 Å². The average molecular weight is 286 g/mol. The smallest absolute Gasteiger partial charge is 0.296 e. The van der Waals surface area contributed by atoms with E-state index in [1.807, 2.05) is 0 Å². The predicted molar refractivity (Wildman–Crippen MR) is 68.1 cm³/mol. The Hall–Kier alpha value is -1.91. The quantitative estimate of drug-likeness (QED) is 0.575. The Bertz CT molecular complexity index is 560. The Balaban J connectivity index is 3.41. The largest absolute Gasteiger partial charge is 0.493 e. The van der Waals surface area contributed by atoms with E-state index >= 15 is 0 Å². The molecule has 0 heterocycles. The van der Waals surface area contributed by atoms with Crippen LogP contribution in [-0.2, 0) is 14.3 Å². The molecule has 0 unspecified atom stereocenters. The molecule has 19 heavy (non-hydrogen) atoms. The van der Waals surface area contributed by atoms with Gasteiger partial charge in [-0.2, -0.15) is 8.42 Å². The maximum absolute atomic E-state index is 11.7. The molecule has 0 aliphatic heterocycles. The maximum atomic E-state index is 11.7. The number of hydrogen-bond acceptors (Lipinski definition) is 6. The maximum Gasteiger partial charge on any atom is 0.296 e. The molecule has 1 aromatic rings. The molecule has 0 aromatic heterocycles. The molecule has 0 N–H and O–H groups in total. The summed E-state index contributed by atoms with van der Waals surface area (Å²) in [7, 11) is -0.0386. The lowest BCUT2D eigenvalue weighted by Crippen LogP contribution is -2.06. The molecule has 7 heteroatoms. The van der Waals surface area contributed by atoms with E-state index < -0.39 is 10.1 Å². The minimum absolute atomic E-state index is 0.00307. The molecule has 0 atom stereocenters. The Morgan fingerprint density at radius 3 is 2.05 bits per heavy atom. The monoisotopic (exact) mass is 286 g/mol. The van der Waals surface area contributed by atoms with Crippen LogP contribution in [0.15, 0.2) is 17.0 Å². The number of hydrogen-bond donors (Lipinski definition) is 0. The van der Waals surface area contributed by atoms with Crippen LogP contribution in [0.4, 0.5) is 0 Å². The van der Waals surface area contributed by atoms with Gasteiger partial charge in [0, 0.05) is 12.1 Å². The van der Waals surface area contributed by atoms with Crippen LogP contribution in [0.1, 0.15) is 0 Å². The molecule has 0 saturated heterocycles. The Morgan fingerprint density at radius 1 is 1.16 bits per heavy atom. The van der Waals surface area contributed by atoms with Crippen molar-refractivity contribution in [2.75, 3.05) is 27.9 Å². The molecule has 0 fully saturated rings. The molecular weight excluding hydrogens is 272 g/mol. The summed E-state index contributed by atoms with van der Waals surface area (Å²) in [5.74, 6) is 2.90. The van der Waals surface area contributed by atoms with E-state index in [0.717, 1.165) is 7.11 Å². The SMILES string of the molecule is C#CCOc1c(OC)cc(S(=O)(=O)OC)cc1OC. The Kier molecular flexibility index (Phi) is 5.03. The van der Waals surface area contributed by atoms with E-state index in [9.17, 15) is 8.42 Å². The zero-order valence-electron chi connectivity index (χ0n) is 10.8. The van der Waals surface area contributed by atoms with Gasteiger partial charge in [0.1, 0.15) is 11.5 Å². The highest BCUT2D eigenvalue weighted by molar-refractivity contribution is 7.86. The van der Waals surface area contributed by atoms with E-state index in [1.54, 1.807) is 0 Å². The van der Waals surface area contributed by atoms with Gasteiger partial charge in [0.2, 0.25) is 5.75 Å². The van der Waals surface area contributed by atoms with Crippen molar-refractivity contribution in [3.63, 3.8) is 0 Å². The van der Waals surface area contributed by atoms with Crippen LogP contribution in [0.25, 0.3) is 0 Å². The van der Waals surface area contributed by atoms with Gasteiger partial charge in [-0.15, -0.1) is 6.42 Å². The van der Waals surface area contributed by atoms with Gasteiger partial charge in [0.05, 0.1) is 21.3 Å². The first-order chi connectivity index (χ1) is 9.00. The standard InChI is InChI=1S/C12H14O6S/c1-5-6-18-12-10(15-2)7-9(8-11(12)16-3)19(13,14)17-4/h1,7-8H,6H2,2-4H3. The lowest BCUT2D eigenvalue weighted by Gasteiger charge is -2.14. The molecular formula is C12H14O6S. The van der Waals surface area contributed by atoms with Gasteiger partial charge in [-0.25, -0.2) is 0 Å². The lowest BCUT2D eigenvalue weighted by molar-refractivity contribution is 0.303. The highest BCUT2D eigenvalue weighted by Crippen LogP contribution is 2.39. The van der Waals surface area contributed by atoms with Crippen molar-refractivity contribution in [2.24, 2.45) is 0 Å². The van der Waals surface area contributed by atoms with Gasteiger partial charge >= 0.3 is 0 Å². The molecule has 0 aliphatic rings.